The van der Waals surface area contributed by atoms with E-state index in [-0.39, 0.29) is 11.6 Å². The largest absolute Gasteiger partial charge is 0.335 e. The second kappa shape index (κ2) is 5.75. The molecule has 6 heteroatoms. The number of benzene rings is 1. The highest BCUT2D eigenvalue weighted by atomic mass is 79.9. The first kappa shape index (κ1) is 14.5. The van der Waals surface area contributed by atoms with E-state index in [0.29, 0.717) is 22.0 Å². The molecule has 3 rings (SSSR count). The van der Waals surface area contributed by atoms with Gasteiger partial charge in [0.25, 0.3) is 11.6 Å². The molecule has 112 valence electrons. The molecule has 2 fully saturated rings. The number of rotatable bonds is 2. The third kappa shape index (κ3) is 2.69. The molecule has 1 aromatic rings. The molecule has 0 spiro atoms. The average Bonchev–Trinajstić information content (AvgIpc) is 2.90. The highest BCUT2D eigenvalue weighted by Gasteiger charge is 2.39. The number of carbonyl (C=O) groups excluding carboxylic acids is 1. The van der Waals surface area contributed by atoms with E-state index in [2.05, 4.69) is 15.9 Å². The van der Waals surface area contributed by atoms with Crippen molar-refractivity contribution in [3.05, 3.63) is 38.3 Å². The van der Waals surface area contributed by atoms with Crippen LogP contribution in [0.25, 0.3) is 0 Å². The lowest BCUT2D eigenvalue weighted by molar-refractivity contribution is -0.384. The van der Waals surface area contributed by atoms with Gasteiger partial charge in [-0.15, -0.1) is 0 Å². The Hall–Kier alpha value is -1.43. The van der Waals surface area contributed by atoms with Crippen LogP contribution < -0.4 is 0 Å². The van der Waals surface area contributed by atoms with Gasteiger partial charge in [0.2, 0.25) is 0 Å². The fourth-order valence-corrected chi connectivity index (χ4v) is 4.02. The van der Waals surface area contributed by atoms with Crippen LogP contribution in [0.2, 0.25) is 0 Å². The maximum absolute atomic E-state index is 12.8. The molecule has 0 aromatic heterocycles. The minimum absolute atomic E-state index is 0.0408. The second-order valence-corrected chi connectivity index (χ2v) is 6.67. The molecule has 1 aliphatic heterocycles. The van der Waals surface area contributed by atoms with Crippen LogP contribution in [0.4, 0.5) is 5.69 Å². The summed E-state index contributed by atoms with van der Waals surface area (Å²) in [4.78, 5) is 25.1. The first-order chi connectivity index (χ1) is 10.1. The summed E-state index contributed by atoms with van der Waals surface area (Å²) >= 11 is 3.35. The Morgan fingerprint density at radius 1 is 1.29 bits per heavy atom. The second-order valence-electron chi connectivity index (χ2n) is 5.82. The highest BCUT2D eigenvalue weighted by molar-refractivity contribution is 9.10. The predicted molar refractivity (Wildman–Crippen MR) is 82.2 cm³/mol. The van der Waals surface area contributed by atoms with Gasteiger partial charge in [0.05, 0.1) is 10.5 Å². The van der Waals surface area contributed by atoms with Gasteiger partial charge < -0.3 is 4.90 Å². The molecule has 2 atom stereocenters. The molecule has 2 aliphatic rings. The van der Waals surface area contributed by atoms with Crippen LogP contribution in [-0.4, -0.2) is 28.3 Å². The molecule has 5 nitrogen and oxygen atoms in total. The van der Waals surface area contributed by atoms with Crippen LogP contribution in [0.5, 0.6) is 0 Å². The van der Waals surface area contributed by atoms with Crippen LogP contribution >= 0.6 is 15.9 Å². The molecule has 0 radical (unpaired) electrons. The maximum Gasteiger partial charge on any atom is 0.270 e. The minimum atomic E-state index is -0.462. The van der Waals surface area contributed by atoms with Crippen LogP contribution in [0.1, 0.15) is 42.5 Å². The van der Waals surface area contributed by atoms with Crippen molar-refractivity contribution < 1.29 is 9.72 Å². The number of nitrogens with zero attached hydrogens (tertiary/aromatic N) is 2. The molecule has 1 aromatic carbocycles. The quantitative estimate of drug-likeness (QED) is 0.601. The number of carbonyl (C=O) groups is 1. The number of fused-ring (bicyclic) bond motifs is 1. The zero-order valence-electron chi connectivity index (χ0n) is 11.6. The van der Waals surface area contributed by atoms with Crippen molar-refractivity contribution in [2.24, 2.45) is 5.92 Å². The summed E-state index contributed by atoms with van der Waals surface area (Å²) in [6, 6.07) is 4.69. The SMILES string of the molecule is O=C(c1cc([N+](=O)[O-])ccc1Br)N1CCC2CCCCC21. The fourth-order valence-electron chi connectivity index (χ4n) is 3.60. The summed E-state index contributed by atoms with van der Waals surface area (Å²) in [6.07, 6.45) is 5.74. The smallest absolute Gasteiger partial charge is 0.270 e. The monoisotopic (exact) mass is 352 g/mol. The number of nitro benzene ring substituents is 1. The minimum Gasteiger partial charge on any atom is -0.335 e. The fraction of sp³-hybridized carbons (Fsp3) is 0.533. The number of halogens is 1. The van der Waals surface area contributed by atoms with Crippen LogP contribution in [0, 0.1) is 16.0 Å². The Kier molecular flexibility index (Phi) is 3.97. The van der Waals surface area contributed by atoms with Gasteiger partial charge in [-0.25, -0.2) is 0 Å². The number of likely N-dealkylation sites (tertiary alicyclic amines) is 1. The van der Waals surface area contributed by atoms with Crippen molar-refractivity contribution in [2.75, 3.05) is 6.54 Å². The lowest BCUT2D eigenvalue weighted by Gasteiger charge is -2.31. The van der Waals surface area contributed by atoms with Crippen LogP contribution in [0.3, 0.4) is 0 Å². The van der Waals surface area contributed by atoms with Crippen molar-refractivity contribution in [3.8, 4) is 0 Å². The van der Waals surface area contributed by atoms with Gasteiger partial charge in [-0.2, -0.15) is 0 Å². The van der Waals surface area contributed by atoms with Gasteiger partial charge in [0.1, 0.15) is 0 Å². The number of nitro groups is 1. The summed E-state index contributed by atoms with van der Waals surface area (Å²) in [5.41, 5.74) is 0.358. The summed E-state index contributed by atoms with van der Waals surface area (Å²) in [7, 11) is 0. The molecule has 1 heterocycles. The summed E-state index contributed by atoms with van der Waals surface area (Å²) < 4.78 is 0.623. The zero-order chi connectivity index (χ0) is 15.0. The van der Waals surface area contributed by atoms with Gasteiger partial charge >= 0.3 is 0 Å². The molecule has 1 aliphatic carbocycles. The molecule has 0 N–H and O–H groups in total. The van der Waals surface area contributed by atoms with Gasteiger partial charge in [0.15, 0.2) is 0 Å². The lowest BCUT2D eigenvalue weighted by atomic mass is 9.85. The third-order valence-corrected chi connectivity index (χ3v) is 5.35. The maximum atomic E-state index is 12.8. The molecular formula is C15H17BrN2O3. The summed E-state index contributed by atoms with van der Waals surface area (Å²) in [5.74, 6) is 0.528. The topological polar surface area (TPSA) is 63.4 Å². The number of amides is 1. The molecule has 2 unspecified atom stereocenters. The van der Waals surface area contributed by atoms with E-state index >= 15 is 0 Å². The first-order valence-corrected chi connectivity index (χ1v) is 8.12. The van der Waals surface area contributed by atoms with E-state index < -0.39 is 4.92 Å². The van der Waals surface area contributed by atoms with Crippen molar-refractivity contribution >= 4 is 27.5 Å². The molecule has 0 bridgehead atoms. The molecule has 21 heavy (non-hydrogen) atoms. The lowest BCUT2D eigenvalue weighted by Crippen LogP contribution is -2.39. The first-order valence-electron chi connectivity index (χ1n) is 7.33. The third-order valence-electron chi connectivity index (χ3n) is 4.66. The van der Waals surface area contributed by atoms with Gasteiger partial charge in [0, 0.05) is 29.2 Å². The number of non-ortho nitro benzene ring substituents is 1. The normalized spacial score (nSPS) is 24.7. The van der Waals surface area contributed by atoms with Crippen LogP contribution in [-0.2, 0) is 0 Å². The van der Waals surface area contributed by atoms with Crippen LogP contribution in [0.15, 0.2) is 22.7 Å². The van der Waals surface area contributed by atoms with E-state index in [1.165, 1.54) is 31.4 Å². The van der Waals surface area contributed by atoms with Crippen molar-refractivity contribution in [1.29, 1.82) is 0 Å². The van der Waals surface area contributed by atoms with E-state index in [0.717, 1.165) is 19.4 Å². The molecule has 1 amide bonds. The van der Waals surface area contributed by atoms with Crippen molar-refractivity contribution in [2.45, 2.75) is 38.1 Å². The molecular weight excluding hydrogens is 336 g/mol. The Balaban J connectivity index is 1.88. The number of hydrogen-bond donors (Lipinski definition) is 0. The Bertz CT molecular complexity index is 590. The Labute approximate surface area is 131 Å². The van der Waals surface area contributed by atoms with E-state index in [9.17, 15) is 14.9 Å². The molecule has 1 saturated heterocycles. The predicted octanol–water partition coefficient (Wildman–Crippen LogP) is 3.76. The summed E-state index contributed by atoms with van der Waals surface area (Å²) in [6.45, 7) is 0.767. The molecule has 1 saturated carbocycles. The van der Waals surface area contributed by atoms with Gasteiger partial charge in [-0.1, -0.05) is 12.8 Å². The zero-order valence-corrected chi connectivity index (χ0v) is 13.2. The van der Waals surface area contributed by atoms with Crippen molar-refractivity contribution in [3.63, 3.8) is 0 Å². The number of hydrogen-bond acceptors (Lipinski definition) is 3. The Morgan fingerprint density at radius 3 is 2.81 bits per heavy atom. The summed E-state index contributed by atoms with van der Waals surface area (Å²) in [5, 5.41) is 10.9. The van der Waals surface area contributed by atoms with E-state index in [1.807, 2.05) is 4.90 Å². The van der Waals surface area contributed by atoms with E-state index in [4.69, 9.17) is 0 Å². The van der Waals surface area contributed by atoms with Crippen molar-refractivity contribution in [1.82, 2.24) is 4.90 Å². The van der Waals surface area contributed by atoms with Gasteiger partial charge in [-0.3, -0.25) is 14.9 Å². The average molecular weight is 353 g/mol. The Morgan fingerprint density at radius 2 is 2.05 bits per heavy atom. The van der Waals surface area contributed by atoms with Gasteiger partial charge in [-0.05, 0) is 47.2 Å². The highest BCUT2D eigenvalue weighted by Crippen LogP contribution is 2.37. The standard InChI is InChI=1S/C15H17BrN2O3/c16-13-6-5-11(18(20)21)9-12(13)15(19)17-8-7-10-3-1-2-4-14(10)17/h5-6,9-10,14H,1-4,7-8H2. The van der Waals surface area contributed by atoms with E-state index in [1.54, 1.807) is 6.07 Å².